The summed E-state index contributed by atoms with van der Waals surface area (Å²) in [6.07, 6.45) is 2.47. The summed E-state index contributed by atoms with van der Waals surface area (Å²) in [5, 5.41) is 0. The van der Waals surface area contributed by atoms with Crippen molar-refractivity contribution in [1.82, 2.24) is 4.90 Å². The second-order valence-corrected chi connectivity index (χ2v) is 6.20. The molecule has 1 aliphatic heterocycles. The summed E-state index contributed by atoms with van der Waals surface area (Å²) >= 11 is 0. The number of aryl methyl sites for hydroxylation is 1. The molecule has 1 aromatic rings. The minimum absolute atomic E-state index is 0.0603. The second-order valence-electron chi connectivity index (χ2n) is 6.20. The van der Waals surface area contributed by atoms with Crippen LogP contribution in [0.2, 0.25) is 0 Å². The van der Waals surface area contributed by atoms with Gasteiger partial charge in [-0.3, -0.25) is 0 Å². The van der Waals surface area contributed by atoms with Crippen molar-refractivity contribution in [1.29, 1.82) is 0 Å². The molecule has 3 nitrogen and oxygen atoms in total. The van der Waals surface area contributed by atoms with Gasteiger partial charge in [0.2, 0.25) is 0 Å². The fraction of sp³-hybridized carbons (Fsp3) is 0.647. The molecule has 1 saturated heterocycles. The highest BCUT2D eigenvalue weighted by atomic mass is 16.5. The van der Waals surface area contributed by atoms with Gasteiger partial charge in [-0.1, -0.05) is 29.8 Å². The van der Waals surface area contributed by atoms with E-state index in [9.17, 15) is 0 Å². The Morgan fingerprint density at radius 3 is 2.65 bits per heavy atom. The standard InChI is InChI=1S/C17H28N2O/c1-13-6-8-16(9-7-13)17(18)14(2)19(3)11-15-5-4-10-20-12-15/h6-9,14-15,17H,4-5,10-12,18H2,1-3H3. The molecule has 1 fully saturated rings. The van der Waals surface area contributed by atoms with Crippen LogP contribution in [0.15, 0.2) is 24.3 Å². The predicted octanol–water partition coefficient (Wildman–Crippen LogP) is 2.74. The Hall–Kier alpha value is -0.900. The summed E-state index contributed by atoms with van der Waals surface area (Å²) in [7, 11) is 2.17. The minimum atomic E-state index is 0.0603. The number of nitrogens with zero attached hydrogens (tertiary/aromatic N) is 1. The van der Waals surface area contributed by atoms with Crippen LogP contribution in [0.1, 0.15) is 36.9 Å². The van der Waals surface area contributed by atoms with E-state index in [-0.39, 0.29) is 6.04 Å². The third kappa shape index (κ3) is 4.05. The lowest BCUT2D eigenvalue weighted by Crippen LogP contribution is -2.42. The van der Waals surface area contributed by atoms with Crippen molar-refractivity contribution in [2.45, 2.75) is 38.8 Å². The quantitative estimate of drug-likeness (QED) is 0.898. The third-order valence-electron chi connectivity index (χ3n) is 4.48. The fourth-order valence-electron chi connectivity index (χ4n) is 2.87. The summed E-state index contributed by atoms with van der Waals surface area (Å²) in [5.41, 5.74) is 8.92. The van der Waals surface area contributed by atoms with E-state index in [0.717, 1.165) is 19.8 Å². The van der Waals surface area contributed by atoms with Crippen LogP contribution in [-0.4, -0.2) is 37.7 Å². The van der Waals surface area contributed by atoms with Gasteiger partial charge in [-0.2, -0.15) is 0 Å². The first kappa shape index (κ1) is 15.5. The maximum absolute atomic E-state index is 6.42. The molecule has 3 heteroatoms. The largest absolute Gasteiger partial charge is 0.381 e. The van der Waals surface area contributed by atoms with Crippen LogP contribution in [0.25, 0.3) is 0 Å². The SMILES string of the molecule is Cc1ccc(C(N)C(C)N(C)CC2CCCOC2)cc1. The zero-order chi connectivity index (χ0) is 14.5. The number of benzene rings is 1. The molecular weight excluding hydrogens is 248 g/mol. The maximum atomic E-state index is 6.42. The molecule has 0 aliphatic carbocycles. The van der Waals surface area contributed by atoms with Crippen molar-refractivity contribution in [2.75, 3.05) is 26.8 Å². The van der Waals surface area contributed by atoms with E-state index in [4.69, 9.17) is 10.5 Å². The van der Waals surface area contributed by atoms with E-state index in [2.05, 4.69) is 50.1 Å². The Morgan fingerprint density at radius 1 is 1.35 bits per heavy atom. The zero-order valence-electron chi connectivity index (χ0n) is 13.0. The average Bonchev–Trinajstić information content (AvgIpc) is 2.47. The highest BCUT2D eigenvalue weighted by molar-refractivity contribution is 5.24. The molecule has 1 heterocycles. The molecule has 1 aliphatic rings. The summed E-state index contributed by atoms with van der Waals surface area (Å²) in [5.74, 6) is 0.654. The van der Waals surface area contributed by atoms with Gasteiger partial charge in [0.25, 0.3) is 0 Å². The fourth-order valence-corrected chi connectivity index (χ4v) is 2.87. The number of rotatable bonds is 5. The van der Waals surface area contributed by atoms with Crippen molar-refractivity contribution in [3.05, 3.63) is 35.4 Å². The van der Waals surface area contributed by atoms with Gasteiger partial charge < -0.3 is 15.4 Å². The van der Waals surface area contributed by atoms with E-state index in [1.54, 1.807) is 0 Å². The van der Waals surface area contributed by atoms with Crippen LogP contribution < -0.4 is 5.73 Å². The van der Waals surface area contributed by atoms with Gasteiger partial charge in [0.15, 0.2) is 0 Å². The predicted molar refractivity (Wildman–Crippen MR) is 83.7 cm³/mol. The van der Waals surface area contributed by atoms with Crippen LogP contribution in [0.4, 0.5) is 0 Å². The van der Waals surface area contributed by atoms with Crippen LogP contribution in [0.3, 0.4) is 0 Å². The highest BCUT2D eigenvalue weighted by Crippen LogP contribution is 2.21. The Balaban J connectivity index is 1.91. The van der Waals surface area contributed by atoms with Crippen LogP contribution >= 0.6 is 0 Å². The summed E-state index contributed by atoms with van der Waals surface area (Å²) in [6.45, 7) is 7.22. The summed E-state index contributed by atoms with van der Waals surface area (Å²) in [6, 6.07) is 8.96. The van der Waals surface area contributed by atoms with Crippen molar-refractivity contribution in [3.63, 3.8) is 0 Å². The van der Waals surface area contributed by atoms with Gasteiger partial charge >= 0.3 is 0 Å². The molecule has 20 heavy (non-hydrogen) atoms. The van der Waals surface area contributed by atoms with Gasteiger partial charge in [0.1, 0.15) is 0 Å². The van der Waals surface area contributed by atoms with Gasteiger partial charge in [0.05, 0.1) is 6.61 Å². The smallest absolute Gasteiger partial charge is 0.0506 e. The minimum Gasteiger partial charge on any atom is -0.381 e. The average molecular weight is 276 g/mol. The lowest BCUT2D eigenvalue weighted by Gasteiger charge is -2.34. The molecule has 112 valence electrons. The van der Waals surface area contributed by atoms with Crippen molar-refractivity contribution in [2.24, 2.45) is 11.7 Å². The molecule has 2 N–H and O–H groups in total. The van der Waals surface area contributed by atoms with E-state index < -0.39 is 0 Å². The molecular formula is C17H28N2O. The molecule has 0 aromatic heterocycles. The Bertz CT molecular complexity index is 398. The molecule has 0 saturated carbocycles. The number of ether oxygens (including phenoxy) is 1. The van der Waals surface area contributed by atoms with E-state index in [0.29, 0.717) is 12.0 Å². The van der Waals surface area contributed by atoms with Gasteiger partial charge in [-0.15, -0.1) is 0 Å². The molecule has 3 atom stereocenters. The van der Waals surface area contributed by atoms with E-state index in [1.807, 2.05) is 0 Å². The first-order valence-electron chi connectivity index (χ1n) is 7.68. The Morgan fingerprint density at radius 2 is 2.05 bits per heavy atom. The first-order valence-corrected chi connectivity index (χ1v) is 7.68. The molecule has 0 bridgehead atoms. The molecule has 0 radical (unpaired) electrons. The van der Waals surface area contributed by atoms with Gasteiger partial charge in [0, 0.05) is 25.2 Å². The van der Waals surface area contributed by atoms with Gasteiger partial charge in [-0.25, -0.2) is 0 Å². The molecule has 1 aromatic carbocycles. The van der Waals surface area contributed by atoms with E-state index in [1.165, 1.54) is 24.0 Å². The Labute approximate surface area is 123 Å². The Kier molecular flexibility index (Phi) is 5.58. The topological polar surface area (TPSA) is 38.5 Å². The molecule has 3 unspecified atom stereocenters. The lowest BCUT2D eigenvalue weighted by atomic mass is 9.97. The third-order valence-corrected chi connectivity index (χ3v) is 4.48. The zero-order valence-corrected chi connectivity index (χ0v) is 13.0. The van der Waals surface area contributed by atoms with Crippen LogP contribution in [-0.2, 0) is 4.74 Å². The van der Waals surface area contributed by atoms with Crippen molar-refractivity contribution < 1.29 is 4.74 Å². The van der Waals surface area contributed by atoms with Crippen LogP contribution in [0.5, 0.6) is 0 Å². The van der Waals surface area contributed by atoms with Crippen LogP contribution in [0, 0.1) is 12.8 Å². The number of hydrogen-bond acceptors (Lipinski definition) is 3. The second kappa shape index (κ2) is 7.21. The number of hydrogen-bond donors (Lipinski definition) is 1. The normalized spacial score (nSPS) is 22.8. The molecule has 0 amide bonds. The van der Waals surface area contributed by atoms with Gasteiger partial charge in [-0.05, 0) is 45.2 Å². The maximum Gasteiger partial charge on any atom is 0.0506 e. The first-order chi connectivity index (χ1) is 9.58. The summed E-state index contributed by atoms with van der Waals surface area (Å²) in [4.78, 5) is 2.38. The lowest BCUT2D eigenvalue weighted by molar-refractivity contribution is 0.0355. The van der Waals surface area contributed by atoms with Crippen molar-refractivity contribution in [3.8, 4) is 0 Å². The molecule has 0 spiro atoms. The van der Waals surface area contributed by atoms with E-state index >= 15 is 0 Å². The summed E-state index contributed by atoms with van der Waals surface area (Å²) < 4.78 is 5.56. The number of nitrogens with two attached hydrogens (primary N) is 1. The number of likely N-dealkylation sites (N-methyl/N-ethyl adjacent to an activating group) is 1. The highest BCUT2D eigenvalue weighted by Gasteiger charge is 2.23. The monoisotopic (exact) mass is 276 g/mol. The molecule has 2 rings (SSSR count). The van der Waals surface area contributed by atoms with Crippen molar-refractivity contribution >= 4 is 0 Å².